The second kappa shape index (κ2) is 6.64. The number of hydrogen-bond donors (Lipinski definition) is 2. The second-order valence-electron chi connectivity index (χ2n) is 3.52. The Morgan fingerprint density at radius 3 is 2.94 bits per heavy atom. The molecule has 0 unspecified atom stereocenters. The summed E-state index contributed by atoms with van der Waals surface area (Å²) >= 11 is 0. The van der Waals surface area contributed by atoms with Gasteiger partial charge in [0.05, 0.1) is 17.1 Å². The summed E-state index contributed by atoms with van der Waals surface area (Å²) in [6.45, 7) is 1.38. The van der Waals surface area contributed by atoms with Crippen LogP contribution in [-0.2, 0) is 4.74 Å². The molecule has 1 aromatic heterocycles. The van der Waals surface area contributed by atoms with Gasteiger partial charge in [0.15, 0.2) is 0 Å². The zero-order valence-electron chi connectivity index (χ0n) is 9.68. The van der Waals surface area contributed by atoms with Crippen molar-refractivity contribution in [3.8, 4) is 0 Å². The van der Waals surface area contributed by atoms with Crippen LogP contribution in [0.25, 0.3) is 0 Å². The van der Waals surface area contributed by atoms with Crippen LogP contribution >= 0.6 is 0 Å². The number of ether oxygens (including phenoxy) is 1. The molecule has 7 nitrogen and oxygen atoms in total. The molecular formula is C10H16N4O3. The highest BCUT2D eigenvalue weighted by molar-refractivity contribution is 5.52. The van der Waals surface area contributed by atoms with Gasteiger partial charge in [-0.05, 0) is 12.8 Å². The Balaban J connectivity index is 2.50. The van der Waals surface area contributed by atoms with E-state index < -0.39 is 4.92 Å². The van der Waals surface area contributed by atoms with Crippen LogP contribution < -0.4 is 11.1 Å². The quantitative estimate of drug-likeness (QED) is 0.424. The number of nitrogens with zero attached hydrogens (tertiary/aromatic N) is 2. The molecule has 1 rings (SSSR count). The van der Waals surface area contributed by atoms with Crippen molar-refractivity contribution in [3.05, 3.63) is 22.2 Å². The minimum absolute atomic E-state index is 0.0584. The Hall–Kier alpha value is -1.89. The van der Waals surface area contributed by atoms with Crippen LogP contribution in [0.1, 0.15) is 12.8 Å². The average molecular weight is 240 g/mol. The Morgan fingerprint density at radius 2 is 2.29 bits per heavy atom. The molecule has 0 amide bonds. The van der Waals surface area contributed by atoms with Crippen molar-refractivity contribution >= 4 is 17.3 Å². The van der Waals surface area contributed by atoms with Gasteiger partial charge >= 0.3 is 0 Å². The molecule has 1 aromatic rings. The van der Waals surface area contributed by atoms with Gasteiger partial charge in [0.25, 0.3) is 5.69 Å². The number of pyridine rings is 1. The van der Waals surface area contributed by atoms with Crippen LogP contribution in [0.3, 0.4) is 0 Å². The molecule has 0 saturated carbocycles. The number of rotatable bonds is 7. The lowest BCUT2D eigenvalue weighted by molar-refractivity contribution is -0.384. The standard InChI is InChI=1S/C10H16N4O3/c1-17-5-3-2-4-12-10-7-8(14(15)16)6-9(11)13-10/h6-7H,2-5H2,1H3,(H3,11,12,13). The molecule has 7 heteroatoms. The molecule has 0 bridgehead atoms. The molecule has 94 valence electrons. The first-order valence-corrected chi connectivity index (χ1v) is 5.28. The number of nitrogen functional groups attached to an aromatic ring is 1. The summed E-state index contributed by atoms with van der Waals surface area (Å²) in [7, 11) is 1.65. The summed E-state index contributed by atoms with van der Waals surface area (Å²) in [6, 6.07) is 2.60. The Kier molecular flexibility index (Phi) is 5.15. The lowest BCUT2D eigenvalue weighted by Crippen LogP contribution is -2.06. The maximum atomic E-state index is 10.6. The number of anilines is 2. The van der Waals surface area contributed by atoms with Crippen LogP contribution in [0.4, 0.5) is 17.3 Å². The van der Waals surface area contributed by atoms with E-state index in [1.165, 1.54) is 12.1 Å². The first-order valence-electron chi connectivity index (χ1n) is 5.28. The summed E-state index contributed by atoms with van der Waals surface area (Å²) < 4.78 is 4.91. The summed E-state index contributed by atoms with van der Waals surface area (Å²) in [5.74, 6) is 0.563. The van der Waals surface area contributed by atoms with Crippen molar-refractivity contribution < 1.29 is 9.66 Å². The Bertz CT molecular complexity index is 384. The zero-order chi connectivity index (χ0) is 12.7. The number of nitrogens with two attached hydrogens (primary N) is 1. The maximum absolute atomic E-state index is 10.6. The number of methoxy groups -OCH3 is 1. The van der Waals surface area contributed by atoms with E-state index in [9.17, 15) is 10.1 Å². The molecule has 0 aliphatic rings. The minimum atomic E-state index is -0.492. The van der Waals surface area contributed by atoms with Gasteiger partial charge in [0.2, 0.25) is 0 Å². The Labute approximate surface area is 99.1 Å². The maximum Gasteiger partial charge on any atom is 0.276 e. The van der Waals surface area contributed by atoms with Crippen LogP contribution in [0, 0.1) is 10.1 Å². The van der Waals surface area contributed by atoms with Gasteiger partial charge in [0, 0.05) is 20.3 Å². The molecule has 0 aliphatic heterocycles. The summed E-state index contributed by atoms with van der Waals surface area (Å²) in [5, 5.41) is 13.6. The summed E-state index contributed by atoms with van der Waals surface area (Å²) in [6.07, 6.45) is 1.83. The third-order valence-corrected chi connectivity index (χ3v) is 2.12. The van der Waals surface area contributed by atoms with Gasteiger partial charge in [-0.3, -0.25) is 10.1 Å². The fraction of sp³-hybridized carbons (Fsp3) is 0.500. The largest absolute Gasteiger partial charge is 0.385 e. The summed E-state index contributed by atoms with van der Waals surface area (Å²) in [5.41, 5.74) is 5.42. The van der Waals surface area contributed by atoms with Gasteiger partial charge in [-0.2, -0.15) is 0 Å². The molecule has 0 saturated heterocycles. The van der Waals surface area contributed by atoms with Gasteiger partial charge in [-0.1, -0.05) is 0 Å². The van der Waals surface area contributed by atoms with Gasteiger partial charge in [-0.25, -0.2) is 4.98 Å². The number of nitrogens with one attached hydrogen (secondary N) is 1. The van der Waals surface area contributed by atoms with Crippen molar-refractivity contribution in [2.45, 2.75) is 12.8 Å². The topological polar surface area (TPSA) is 103 Å². The molecule has 17 heavy (non-hydrogen) atoms. The third-order valence-electron chi connectivity index (χ3n) is 2.12. The lowest BCUT2D eigenvalue weighted by Gasteiger charge is -2.05. The van der Waals surface area contributed by atoms with Crippen LogP contribution in [0.15, 0.2) is 12.1 Å². The van der Waals surface area contributed by atoms with Crippen molar-refractivity contribution in [1.82, 2.24) is 4.98 Å². The first kappa shape index (κ1) is 13.2. The fourth-order valence-electron chi connectivity index (χ4n) is 1.32. The predicted molar refractivity (Wildman–Crippen MR) is 64.9 cm³/mol. The monoisotopic (exact) mass is 240 g/mol. The van der Waals surface area contributed by atoms with E-state index >= 15 is 0 Å². The van der Waals surface area contributed by atoms with Crippen molar-refractivity contribution in [2.24, 2.45) is 0 Å². The highest BCUT2D eigenvalue weighted by atomic mass is 16.6. The van der Waals surface area contributed by atoms with E-state index in [2.05, 4.69) is 10.3 Å². The average Bonchev–Trinajstić information content (AvgIpc) is 2.28. The molecule has 0 atom stereocenters. The normalized spacial score (nSPS) is 10.2. The molecule has 0 aromatic carbocycles. The van der Waals surface area contributed by atoms with Gasteiger partial charge in [-0.15, -0.1) is 0 Å². The number of hydrogen-bond acceptors (Lipinski definition) is 6. The van der Waals surface area contributed by atoms with Gasteiger partial charge in [0.1, 0.15) is 11.6 Å². The van der Waals surface area contributed by atoms with Crippen molar-refractivity contribution in [1.29, 1.82) is 0 Å². The van der Waals surface area contributed by atoms with E-state index in [1.54, 1.807) is 7.11 Å². The summed E-state index contributed by atoms with van der Waals surface area (Å²) in [4.78, 5) is 14.1. The molecular weight excluding hydrogens is 224 g/mol. The van der Waals surface area contributed by atoms with E-state index in [0.717, 1.165) is 12.8 Å². The molecule has 1 heterocycles. The molecule has 0 aliphatic carbocycles. The van der Waals surface area contributed by atoms with Gasteiger partial charge < -0.3 is 15.8 Å². The van der Waals surface area contributed by atoms with Crippen LogP contribution in [-0.4, -0.2) is 30.2 Å². The van der Waals surface area contributed by atoms with E-state index in [1.807, 2.05) is 0 Å². The van der Waals surface area contributed by atoms with Crippen LogP contribution in [0.5, 0.6) is 0 Å². The van der Waals surface area contributed by atoms with E-state index in [4.69, 9.17) is 10.5 Å². The number of nitro groups is 1. The number of aromatic nitrogens is 1. The zero-order valence-corrected chi connectivity index (χ0v) is 9.68. The van der Waals surface area contributed by atoms with Crippen LogP contribution in [0.2, 0.25) is 0 Å². The smallest absolute Gasteiger partial charge is 0.276 e. The van der Waals surface area contributed by atoms with Crippen molar-refractivity contribution in [3.63, 3.8) is 0 Å². The predicted octanol–water partition coefficient (Wildman–Crippen LogP) is 1.41. The highest BCUT2D eigenvalue weighted by Gasteiger charge is 2.09. The van der Waals surface area contributed by atoms with E-state index in [-0.39, 0.29) is 11.5 Å². The van der Waals surface area contributed by atoms with E-state index in [0.29, 0.717) is 19.0 Å². The molecule has 0 spiro atoms. The first-order chi connectivity index (χ1) is 8.13. The molecule has 0 radical (unpaired) electrons. The highest BCUT2D eigenvalue weighted by Crippen LogP contribution is 2.18. The fourth-order valence-corrected chi connectivity index (χ4v) is 1.32. The Morgan fingerprint density at radius 1 is 1.53 bits per heavy atom. The second-order valence-corrected chi connectivity index (χ2v) is 3.52. The lowest BCUT2D eigenvalue weighted by atomic mass is 10.3. The SMILES string of the molecule is COCCCCNc1cc([N+](=O)[O-])cc(N)n1. The van der Waals surface area contributed by atoms with Crippen molar-refractivity contribution in [2.75, 3.05) is 31.3 Å². The molecule has 0 fully saturated rings. The minimum Gasteiger partial charge on any atom is -0.385 e. The number of unbranched alkanes of at least 4 members (excludes halogenated alkanes) is 1. The molecule has 3 N–H and O–H groups in total. The third kappa shape index (κ3) is 4.64.